The van der Waals surface area contributed by atoms with Gasteiger partial charge in [-0.1, -0.05) is 18.2 Å². The summed E-state index contributed by atoms with van der Waals surface area (Å²) in [4.78, 5) is 12.7. The van der Waals surface area contributed by atoms with Gasteiger partial charge in [-0.3, -0.25) is 4.79 Å². The molecule has 3 aromatic carbocycles. The van der Waals surface area contributed by atoms with Crippen LogP contribution in [0.1, 0.15) is 18.1 Å². The Labute approximate surface area is 210 Å². The Kier molecular flexibility index (Phi) is 7.49. The summed E-state index contributed by atoms with van der Waals surface area (Å²) in [6.07, 6.45) is 3.25. The molecule has 0 aliphatic heterocycles. The molecule has 0 fully saturated rings. The van der Waals surface area contributed by atoms with Crippen LogP contribution in [0, 0.1) is 0 Å². The van der Waals surface area contributed by atoms with Crippen LogP contribution in [-0.2, 0) is 11.3 Å². The summed E-state index contributed by atoms with van der Waals surface area (Å²) < 4.78 is 27.8. The number of ether oxygens (including phenoxy) is 4. The number of benzene rings is 3. The van der Waals surface area contributed by atoms with E-state index < -0.39 is 0 Å². The topological polar surface area (TPSA) is 79.2 Å². The lowest BCUT2D eigenvalue weighted by Gasteiger charge is -2.12. The van der Waals surface area contributed by atoms with Crippen molar-refractivity contribution in [3.8, 4) is 34.1 Å². The van der Waals surface area contributed by atoms with Crippen LogP contribution in [0.5, 0.6) is 23.0 Å². The number of carbonyl (C=O) groups excluding carboxylic acids is 1. The van der Waals surface area contributed by atoms with Gasteiger partial charge in [-0.2, -0.15) is 0 Å². The van der Waals surface area contributed by atoms with Crippen LogP contribution in [0.2, 0.25) is 0 Å². The van der Waals surface area contributed by atoms with Crippen LogP contribution < -0.4 is 24.3 Å². The van der Waals surface area contributed by atoms with Crippen molar-refractivity contribution in [3.05, 3.63) is 78.1 Å². The fourth-order valence-electron chi connectivity index (χ4n) is 4.12. The first-order valence-corrected chi connectivity index (χ1v) is 11.4. The molecule has 0 aliphatic carbocycles. The van der Waals surface area contributed by atoms with Gasteiger partial charge in [0.25, 0.3) is 0 Å². The molecule has 0 aliphatic rings. The van der Waals surface area contributed by atoms with E-state index in [0.29, 0.717) is 29.4 Å². The maximum Gasteiger partial charge on any atom is 0.244 e. The summed E-state index contributed by atoms with van der Waals surface area (Å²) in [5.41, 5.74) is 4.76. The van der Waals surface area contributed by atoms with E-state index in [1.165, 1.54) is 0 Å². The molecule has 0 saturated carbocycles. The highest BCUT2D eigenvalue weighted by molar-refractivity contribution is 6.01. The first-order chi connectivity index (χ1) is 17.5. The highest BCUT2D eigenvalue weighted by atomic mass is 16.5. The molecule has 7 nitrogen and oxygen atoms in total. The van der Waals surface area contributed by atoms with Crippen molar-refractivity contribution in [3.63, 3.8) is 0 Å². The van der Waals surface area contributed by atoms with Crippen LogP contribution in [0.4, 0.5) is 0 Å². The predicted molar refractivity (Wildman–Crippen MR) is 140 cm³/mol. The first-order valence-electron chi connectivity index (χ1n) is 11.4. The molecule has 0 atom stereocenters. The minimum Gasteiger partial charge on any atom is -0.497 e. The normalized spacial score (nSPS) is 11.3. The van der Waals surface area contributed by atoms with E-state index in [0.717, 1.165) is 39.0 Å². The van der Waals surface area contributed by atoms with Gasteiger partial charge in [-0.15, -0.1) is 0 Å². The Hall–Kier alpha value is -4.39. The summed E-state index contributed by atoms with van der Waals surface area (Å²) in [5.74, 6) is 2.51. The monoisotopic (exact) mass is 487 g/mol. The van der Waals surface area contributed by atoms with E-state index in [4.69, 9.17) is 23.4 Å². The van der Waals surface area contributed by atoms with E-state index in [-0.39, 0.29) is 5.91 Å². The van der Waals surface area contributed by atoms with Gasteiger partial charge >= 0.3 is 0 Å². The molecule has 1 N–H and O–H groups in total. The Morgan fingerprint density at radius 1 is 0.861 bits per heavy atom. The zero-order valence-electron chi connectivity index (χ0n) is 21.0. The Bertz CT molecular complexity index is 1420. The summed E-state index contributed by atoms with van der Waals surface area (Å²) in [6.45, 7) is 2.22. The zero-order chi connectivity index (χ0) is 25.7. The SMILES string of the molecule is COc1ccc(OC)c(-c2coc3cc(OC)c(/C(C)=C/C(=O)NCc4ccccc4OC)cc23)c1. The molecule has 0 bridgehead atoms. The van der Waals surface area contributed by atoms with Crippen molar-refractivity contribution in [2.24, 2.45) is 0 Å². The van der Waals surface area contributed by atoms with Crippen molar-refractivity contribution in [2.75, 3.05) is 28.4 Å². The minimum absolute atomic E-state index is 0.220. The number of allylic oxidation sites excluding steroid dienone is 1. The molecule has 0 spiro atoms. The molecule has 1 aromatic heterocycles. The highest BCUT2D eigenvalue weighted by Crippen LogP contribution is 2.41. The van der Waals surface area contributed by atoms with Gasteiger partial charge in [0.1, 0.15) is 28.6 Å². The van der Waals surface area contributed by atoms with Gasteiger partial charge in [0.15, 0.2) is 0 Å². The van der Waals surface area contributed by atoms with E-state index in [2.05, 4.69) is 5.32 Å². The molecule has 7 heteroatoms. The fourth-order valence-corrected chi connectivity index (χ4v) is 4.12. The van der Waals surface area contributed by atoms with Crippen LogP contribution in [0.25, 0.3) is 27.7 Å². The number of amides is 1. The molecule has 4 rings (SSSR count). The van der Waals surface area contributed by atoms with Gasteiger partial charge in [-0.25, -0.2) is 0 Å². The third-order valence-corrected chi connectivity index (χ3v) is 6.01. The Balaban J connectivity index is 1.68. The summed E-state index contributed by atoms with van der Waals surface area (Å²) in [6, 6.07) is 17.0. The maximum atomic E-state index is 12.7. The number of hydrogen-bond donors (Lipinski definition) is 1. The third-order valence-electron chi connectivity index (χ3n) is 6.01. The molecule has 1 amide bonds. The van der Waals surface area contributed by atoms with E-state index in [1.807, 2.05) is 61.5 Å². The highest BCUT2D eigenvalue weighted by Gasteiger charge is 2.18. The number of carbonyl (C=O) groups is 1. The number of hydrogen-bond acceptors (Lipinski definition) is 6. The van der Waals surface area contributed by atoms with Crippen molar-refractivity contribution in [2.45, 2.75) is 13.5 Å². The van der Waals surface area contributed by atoms with Crippen LogP contribution in [0.15, 0.2) is 71.4 Å². The molecule has 0 saturated heterocycles. The standard InChI is InChI=1S/C29H29NO6/c1-18(12-29(31)30-16-19-8-6-7-9-25(19)33-3)21-14-23-24(17-36-28(23)15-27(21)35-5)22-13-20(32-2)10-11-26(22)34-4/h6-15,17H,16H2,1-5H3,(H,30,31)/b18-12+. The number of para-hydroxylation sites is 1. The Morgan fingerprint density at radius 3 is 2.33 bits per heavy atom. The largest absolute Gasteiger partial charge is 0.497 e. The third kappa shape index (κ3) is 5.00. The average Bonchev–Trinajstić information content (AvgIpc) is 3.33. The quantitative estimate of drug-likeness (QED) is 0.298. The number of methoxy groups -OCH3 is 4. The molecular formula is C29H29NO6. The number of furan rings is 1. The fraction of sp³-hybridized carbons (Fsp3) is 0.207. The van der Waals surface area contributed by atoms with Crippen LogP contribution in [-0.4, -0.2) is 34.3 Å². The number of rotatable bonds is 9. The van der Waals surface area contributed by atoms with E-state index in [9.17, 15) is 4.79 Å². The zero-order valence-corrected chi connectivity index (χ0v) is 21.0. The molecule has 0 unspecified atom stereocenters. The molecule has 4 aromatic rings. The maximum absolute atomic E-state index is 12.7. The second-order valence-electron chi connectivity index (χ2n) is 8.12. The molecule has 36 heavy (non-hydrogen) atoms. The van der Waals surface area contributed by atoms with Gasteiger partial charge in [0, 0.05) is 46.3 Å². The first kappa shape index (κ1) is 24.7. The van der Waals surface area contributed by atoms with Crippen molar-refractivity contribution in [1.82, 2.24) is 5.32 Å². The van der Waals surface area contributed by atoms with Crippen LogP contribution in [0.3, 0.4) is 0 Å². The lowest BCUT2D eigenvalue weighted by atomic mass is 9.98. The molecule has 0 radical (unpaired) electrons. The van der Waals surface area contributed by atoms with Crippen molar-refractivity contribution in [1.29, 1.82) is 0 Å². The lowest BCUT2D eigenvalue weighted by molar-refractivity contribution is -0.116. The summed E-state index contributed by atoms with van der Waals surface area (Å²) >= 11 is 0. The van der Waals surface area contributed by atoms with Gasteiger partial charge in [0.05, 0.1) is 34.7 Å². The molecular weight excluding hydrogens is 458 g/mol. The molecule has 1 heterocycles. The molecule has 186 valence electrons. The smallest absolute Gasteiger partial charge is 0.244 e. The van der Waals surface area contributed by atoms with Crippen molar-refractivity contribution >= 4 is 22.4 Å². The summed E-state index contributed by atoms with van der Waals surface area (Å²) in [7, 11) is 6.45. The minimum atomic E-state index is -0.220. The number of nitrogens with one attached hydrogen (secondary N) is 1. The number of fused-ring (bicyclic) bond motifs is 1. The second kappa shape index (κ2) is 10.9. The van der Waals surface area contributed by atoms with Gasteiger partial charge < -0.3 is 28.7 Å². The summed E-state index contributed by atoms with van der Waals surface area (Å²) in [5, 5.41) is 3.78. The van der Waals surface area contributed by atoms with Crippen LogP contribution >= 0.6 is 0 Å². The van der Waals surface area contributed by atoms with E-state index in [1.54, 1.807) is 40.8 Å². The lowest BCUT2D eigenvalue weighted by Crippen LogP contribution is -2.21. The predicted octanol–water partition coefficient (Wildman–Crippen LogP) is 5.85. The van der Waals surface area contributed by atoms with Gasteiger partial charge in [0.2, 0.25) is 5.91 Å². The van der Waals surface area contributed by atoms with Crippen molar-refractivity contribution < 1.29 is 28.2 Å². The van der Waals surface area contributed by atoms with E-state index >= 15 is 0 Å². The van der Waals surface area contributed by atoms with Gasteiger partial charge in [-0.05, 0) is 42.8 Å². The second-order valence-corrected chi connectivity index (χ2v) is 8.12. The average molecular weight is 488 g/mol. The Morgan fingerprint density at radius 2 is 1.61 bits per heavy atom.